The fraction of sp³-hybridized carbons (Fsp3) is 0.176. The van der Waals surface area contributed by atoms with E-state index in [1.807, 2.05) is 0 Å². The maximum atomic E-state index is 14.1. The molecule has 1 aliphatic carbocycles. The second kappa shape index (κ2) is 7.35. The number of halogens is 6. The number of anilines is 3. The van der Waals surface area contributed by atoms with Crippen molar-refractivity contribution in [3.8, 4) is 0 Å². The molecule has 0 radical (unpaired) electrons. The highest BCUT2D eigenvalue weighted by atomic mass is 35.5. The van der Waals surface area contributed by atoms with E-state index >= 15 is 0 Å². The molecular weight excluding hydrogens is 442 g/mol. The third-order valence-electron chi connectivity index (χ3n) is 4.02. The van der Waals surface area contributed by atoms with Crippen LogP contribution < -0.4 is 16.4 Å². The zero-order valence-electron chi connectivity index (χ0n) is 13.8. The number of carbonyl (C=O) groups is 2. The molecule has 1 atom stereocenters. The summed E-state index contributed by atoms with van der Waals surface area (Å²) < 4.78 is 39.9. The molecule has 1 saturated carbocycles. The summed E-state index contributed by atoms with van der Waals surface area (Å²) in [5.41, 5.74) is 4.05. The fourth-order valence-corrected chi connectivity index (χ4v) is 3.11. The van der Waals surface area contributed by atoms with Crippen LogP contribution >= 0.6 is 34.8 Å². The Balaban J connectivity index is 1.85. The van der Waals surface area contributed by atoms with Gasteiger partial charge in [0.25, 0.3) is 5.91 Å². The summed E-state index contributed by atoms with van der Waals surface area (Å²) in [6.45, 7) is 0. The van der Waals surface area contributed by atoms with Gasteiger partial charge in [0.05, 0.1) is 27.9 Å². The van der Waals surface area contributed by atoms with Crippen LogP contribution in [0.25, 0.3) is 0 Å². The van der Waals surface area contributed by atoms with E-state index in [1.165, 1.54) is 0 Å². The van der Waals surface area contributed by atoms with Crippen LogP contribution in [0.1, 0.15) is 16.8 Å². The average Bonchev–Trinajstić information content (AvgIpc) is 3.24. The van der Waals surface area contributed by atoms with Gasteiger partial charge in [-0.15, -0.1) is 23.2 Å². The minimum absolute atomic E-state index is 0.0767. The molecule has 5 nitrogen and oxygen atoms in total. The zero-order valence-corrected chi connectivity index (χ0v) is 16.0. The lowest BCUT2D eigenvalue weighted by molar-refractivity contribution is -0.117. The summed E-state index contributed by atoms with van der Waals surface area (Å²) in [7, 11) is 0. The number of nitrogen functional groups attached to an aromatic ring is 1. The predicted octanol–water partition coefficient (Wildman–Crippen LogP) is 4.72. The molecule has 2 aromatic carbocycles. The summed E-state index contributed by atoms with van der Waals surface area (Å²) in [4.78, 5) is 24.4. The van der Waals surface area contributed by atoms with Crippen molar-refractivity contribution in [1.29, 1.82) is 0 Å². The number of hydrogen-bond acceptors (Lipinski definition) is 3. The first-order valence-electron chi connectivity index (χ1n) is 7.73. The number of nitrogens with one attached hydrogen (secondary N) is 2. The second-order valence-corrected chi connectivity index (χ2v) is 8.05. The van der Waals surface area contributed by atoms with Crippen LogP contribution in [0.15, 0.2) is 24.3 Å². The first-order chi connectivity index (χ1) is 13.0. The lowest BCUT2D eigenvalue weighted by Crippen LogP contribution is -2.19. The van der Waals surface area contributed by atoms with Gasteiger partial charge in [-0.3, -0.25) is 9.59 Å². The number of nitrogens with two attached hydrogens (primary N) is 1. The van der Waals surface area contributed by atoms with Gasteiger partial charge in [-0.25, -0.2) is 13.2 Å². The number of hydrogen-bond donors (Lipinski definition) is 3. The monoisotopic (exact) mass is 451 g/mol. The summed E-state index contributed by atoms with van der Waals surface area (Å²) >= 11 is 17.4. The van der Waals surface area contributed by atoms with Gasteiger partial charge < -0.3 is 16.4 Å². The Morgan fingerprint density at radius 1 is 1.04 bits per heavy atom. The predicted molar refractivity (Wildman–Crippen MR) is 101 cm³/mol. The third kappa shape index (κ3) is 4.14. The molecule has 2 amide bonds. The van der Waals surface area contributed by atoms with E-state index in [-0.39, 0.29) is 12.1 Å². The Kier molecular flexibility index (Phi) is 5.40. The van der Waals surface area contributed by atoms with Gasteiger partial charge in [0.1, 0.15) is 21.8 Å². The molecule has 11 heteroatoms. The van der Waals surface area contributed by atoms with Gasteiger partial charge >= 0.3 is 0 Å². The largest absolute Gasteiger partial charge is 0.396 e. The van der Waals surface area contributed by atoms with Gasteiger partial charge in [0.2, 0.25) is 5.91 Å². The van der Waals surface area contributed by atoms with Crippen molar-refractivity contribution in [2.75, 3.05) is 16.4 Å². The maximum absolute atomic E-state index is 14.1. The van der Waals surface area contributed by atoms with Gasteiger partial charge in [-0.05, 0) is 24.6 Å². The van der Waals surface area contributed by atoms with Gasteiger partial charge in [0.15, 0.2) is 0 Å². The van der Waals surface area contributed by atoms with Gasteiger partial charge in [0, 0.05) is 11.8 Å². The van der Waals surface area contributed by atoms with Gasteiger partial charge in [-0.1, -0.05) is 11.6 Å². The summed E-state index contributed by atoms with van der Waals surface area (Å²) in [5.74, 6) is -5.32. The normalized spacial score (nSPS) is 17.1. The third-order valence-corrected chi connectivity index (χ3v) is 5.24. The SMILES string of the molecule is Nc1cc(NC(=O)c2cc(NC(=O)C3CC3(Cl)Cl)cc(F)c2Cl)c(F)cc1F. The molecule has 0 bridgehead atoms. The first-order valence-corrected chi connectivity index (χ1v) is 8.86. The Morgan fingerprint density at radius 2 is 1.68 bits per heavy atom. The highest BCUT2D eigenvalue weighted by Crippen LogP contribution is 2.53. The molecule has 148 valence electrons. The maximum Gasteiger partial charge on any atom is 0.257 e. The summed E-state index contributed by atoms with van der Waals surface area (Å²) in [5, 5.41) is 3.95. The van der Waals surface area contributed by atoms with Crippen molar-refractivity contribution in [2.45, 2.75) is 10.8 Å². The molecule has 3 rings (SSSR count). The smallest absolute Gasteiger partial charge is 0.257 e. The first kappa shape index (κ1) is 20.6. The standard InChI is InChI=1S/C17H11Cl3F3N3O2/c18-14-7(15(27)26-13-4-12(24)9(21)3-10(13)22)1-6(2-11(14)23)25-16(28)8-5-17(8,19)20/h1-4,8H,5,24H2,(H,25,28)(H,26,27). The lowest BCUT2D eigenvalue weighted by Gasteiger charge is -2.12. The van der Waals surface area contributed by atoms with Crippen molar-refractivity contribution >= 4 is 63.7 Å². The number of benzene rings is 2. The summed E-state index contributed by atoms with van der Waals surface area (Å²) in [6, 6.07) is 3.35. The van der Waals surface area contributed by atoms with Crippen LogP contribution in [0, 0.1) is 23.4 Å². The van der Waals surface area contributed by atoms with E-state index in [9.17, 15) is 22.8 Å². The molecule has 0 heterocycles. The number of carbonyl (C=O) groups excluding carboxylic acids is 2. The van der Waals surface area contributed by atoms with Crippen LogP contribution in [0.3, 0.4) is 0 Å². The van der Waals surface area contributed by atoms with E-state index in [1.54, 1.807) is 0 Å². The van der Waals surface area contributed by atoms with Crippen LogP contribution in [-0.4, -0.2) is 16.1 Å². The molecular formula is C17H11Cl3F3N3O2. The molecule has 1 aliphatic rings. The Hall–Kier alpha value is -2.16. The highest BCUT2D eigenvalue weighted by molar-refractivity contribution is 6.52. The number of amides is 2. The quantitative estimate of drug-likeness (QED) is 0.463. The van der Waals surface area contributed by atoms with Gasteiger partial charge in [-0.2, -0.15) is 0 Å². The van der Waals surface area contributed by atoms with Crippen molar-refractivity contribution < 1.29 is 22.8 Å². The topological polar surface area (TPSA) is 84.2 Å². The Bertz CT molecular complexity index is 1000. The van der Waals surface area contributed by atoms with E-state index < -0.39 is 61.5 Å². The van der Waals surface area contributed by atoms with E-state index in [2.05, 4.69) is 10.6 Å². The van der Waals surface area contributed by atoms with Crippen LogP contribution in [0.5, 0.6) is 0 Å². The molecule has 0 aromatic heterocycles. The molecule has 0 spiro atoms. The summed E-state index contributed by atoms with van der Waals surface area (Å²) in [6.07, 6.45) is 0.233. The van der Waals surface area contributed by atoms with Crippen LogP contribution in [0.2, 0.25) is 5.02 Å². The van der Waals surface area contributed by atoms with E-state index in [4.69, 9.17) is 40.5 Å². The van der Waals surface area contributed by atoms with Crippen LogP contribution in [0.4, 0.5) is 30.2 Å². The molecule has 28 heavy (non-hydrogen) atoms. The zero-order chi connectivity index (χ0) is 20.8. The Morgan fingerprint density at radius 3 is 2.29 bits per heavy atom. The number of rotatable bonds is 4. The van der Waals surface area contributed by atoms with E-state index in [0.29, 0.717) is 6.07 Å². The lowest BCUT2D eigenvalue weighted by atomic mass is 10.1. The molecule has 4 N–H and O–H groups in total. The average molecular weight is 453 g/mol. The molecule has 1 unspecified atom stereocenters. The Labute approximate surface area is 171 Å². The fourth-order valence-electron chi connectivity index (χ4n) is 2.40. The van der Waals surface area contributed by atoms with Crippen LogP contribution in [-0.2, 0) is 4.79 Å². The second-order valence-electron chi connectivity index (χ2n) is 6.13. The van der Waals surface area contributed by atoms with Crippen molar-refractivity contribution in [3.63, 3.8) is 0 Å². The van der Waals surface area contributed by atoms with Crippen molar-refractivity contribution in [3.05, 3.63) is 52.3 Å². The number of alkyl halides is 2. The molecule has 1 fully saturated rings. The highest BCUT2D eigenvalue weighted by Gasteiger charge is 2.56. The molecule has 0 saturated heterocycles. The van der Waals surface area contributed by atoms with E-state index in [0.717, 1.165) is 18.2 Å². The minimum atomic E-state index is -1.19. The van der Waals surface area contributed by atoms with Crippen molar-refractivity contribution in [1.82, 2.24) is 0 Å². The molecule has 2 aromatic rings. The molecule has 0 aliphatic heterocycles. The van der Waals surface area contributed by atoms with Crippen molar-refractivity contribution in [2.24, 2.45) is 5.92 Å². The minimum Gasteiger partial charge on any atom is -0.396 e.